The molecule has 11 nitrogen and oxygen atoms in total. The Bertz CT molecular complexity index is 1430. The van der Waals surface area contributed by atoms with Crippen molar-refractivity contribution in [3.63, 3.8) is 0 Å². The minimum Gasteiger partial charge on any atom is -0.383 e. The molecule has 3 N–H and O–H groups in total. The summed E-state index contributed by atoms with van der Waals surface area (Å²) in [5.41, 5.74) is 3.09. The highest BCUT2D eigenvalue weighted by Crippen LogP contribution is 2.28. The van der Waals surface area contributed by atoms with Crippen LogP contribution in [0.5, 0.6) is 0 Å². The molecule has 1 heterocycles. The number of hydrogen-bond acceptors (Lipinski definition) is 7. The van der Waals surface area contributed by atoms with Crippen molar-refractivity contribution in [3.8, 4) is 0 Å². The predicted molar refractivity (Wildman–Crippen MR) is 147 cm³/mol. The molecule has 0 atom stereocenters. The van der Waals surface area contributed by atoms with E-state index in [9.17, 15) is 22.8 Å². The van der Waals surface area contributed by atoms with E-state index in [1.54, 1.807) is 43.3 Å². The molecule has 0 saturated heterocycles. The van der Waals surface area contributed by atoms with Crippen molar-refractivity contribution in [3.05, 3.63) is 83.0 Å². The first-order chi connectivity index (χ1) is 18.6. The number of urea groups is 1. The first-order valence-corrected chi connectivity index (χ1v) is 13.5. The van der Waals surface area contributed by atoms with Gasteiger partial charge in [-0.25, -0.2) is 18.2 Å². The number of benzene rings is 2. The van der Waals surface area contributed by atoms with E-state index in [-0.39, 0.29) is 17.3 Å². The average Bonchev–Trinajstić information content (AvgIpc) is 2.93. The van der Waals surface area contributed by atoms with Gasteiger partial charge in [0.2, 0.25) is 5.91 Å². The number of hydrogen-bond donors (Lipinski definition) is 3. The highest BCUT2D eigenvalue weighted by Gasteiger charge is 2.29. The topological polar surface area (TPSA) is 147 Å². The first-order valence-electron chi connectivity index (χ1n) is 12.1. The molecule has 3 rings (SSSR count). The molecule has 0 aliphatic heterocycles. The maximum Gasteiger partial charge on any atom is 0.320 e. The third-order valence-corrected chi connectivity index (χ3v) is 7.61. The van der Waals surface area contributed by atoms with Crippen LogP contribution in [0.4, 0.5) is 16.3 Å². The number of ether oxygens (including phenoxy) is 1. The van der Waals surface area contributed by atoms with Crippen molar-refractivity contribution in [1.82, 2.24) is 15.6 Å². The second-order valence-corrected chi connectivity index (χ2v) is 10.5. The quantitative estimate of drug-likeness (QED) is 0.231. The van der Waals surface area contributed by atoms with Gasteiger partial charge >= 0.3 is 6.03 Å². The number of aryl methyl sites for hydroxylation is 1. The van der Waals surface area contributed by atoms with E-state index in [4.69, 9.17) is 4.74 Å². The molecule has 0 unspecified atom stereocenters. The van der Waals surface area contributed by atoms with Gasteiger partial charge in [-0.2, -0.15) is 0 Å². The lowest BCUT2D eigenvalue weighted by Crippen LogP contribution is -2.41. The van der Waals surface area contributed by atoms with Crippen LogP contribution in [0.2, 0.25) is 0 Å². The summed E-state index contributed by atoms with van der Waals surface area (Å²) in [6, 6.07) is 14.1. The number of carbonyl (C=O) groups is 3. The van der Waals surface area contributed by atoms with Gasteiger partial charge in [-0.05, 0) is 54.8 Å². The Morgan fingerprint density at radius 3 is 2.51 bits per heavy atom. The van der Waals surface area contributed by atoms with Gasteiger partial charge in [-0.1, -0.05) is 30.3 Å². The third kappa shape index (κ3) is 7.85. The van der Waals surface area contributed by atoms with E-state index in [2.05, 4.69) is 20.9 Å². The number of sulfonamides is 1. The third-order valence-electron chi connectivity index (χ3n) is 5.87. The second-order valence-electron chi connectivity index (χ2n) is 8.62. The van der Waals surface area contributed by atoms with Crippen LogP contribution in [-0.2, 0) is 26.1 Å². The van der Waals surface area contributed by atoms with Gasteiger partial charge < -0.3 is 15.4 Å². The number of amides is 3. The van der Waals surface area contributed by atoms with Gasteiger partial charge in [0.1, 0.15) is 23.5 Å². The molecule has 2 aromatic carbocycles. The Labute approximate surface area is 227 Å². The molecular formula is C27H31N5O6S. The van der Waals surface area contributed by atoms with Crippen LogP contribution in [0, 0.1) is 13.8 Å². The van der Waals surface area contributed by atoms with Crippen molar-refractivity contribution in [1.29, 1.82) is 0 Å². The number of nitrogens with one attached hydrogen (secondary N) is 3. The van der Waals surface area contributed by atoms with Crippen LogP contribution in [0.3, 0.4) is 0 Å². The van der Waals surface area contributed by atoms with Gasteiger partial charge in [0.05, 0.1) is 12.3 Å². The molecule has 0 fully saturated rings. The zero-order valence-electron chi connectivity index (χ0n) is 21.9. The van der Waals surface area contributed by atoms with E-state index in [0.717, 1.165) is 16.1 Å². The largest absolute Gasteiger partial charge is 0.383 e. The normalized spacial score (nSPS) is 10.9. The lowest BCUT2D eigenvalue weighted by molar-refractivity contribution is -0.119. The summed E-state index contributed by atoms with van der Waals surface area (Å²) in [6.07, 6.45) is 1.84. The van der Waals surface area contributed by atoms with Gasteiger partial charge in [0, 0.05) is 32.0 Å². The van der Waals surface area contributed by atoms with Crippen LogP contribution in [0.15, 0.2) is 65.7 Å². The molecule has 12 heteroatoms. The fourth-order valence-corrected chi connectivity index (χ4v) is 5.05. The molecule has 0 spiro atoms. The Kier molecular flexibility index (Phi) is 10.1. The molecule has 0 aliphatic carbocycles. The van der Waals surface area contributed by atoms with Crippen LogP contribution in [0.25, 0.3) is 0 Å². The molecule has 0 saturated carbocycles. The monoisotopic (exact) mass is 553 g/mol. The van der Waals surface area contributed by atoms with Crippen molar-refractivity contribution in [2.24, 2.45) is 0 Å². The zero-order chi connectivity index (χ0) is 28.4. The van der Waals surface area contributed by atoms with Crippen molar-refractivity contribution < 1.29 is 27.5 Å². The SMILES string of the molecule is COCCNC(=O)Nc1ccc(S(=O)(=O)N(CC(=O)NCc2cccc(C=O)c2)c2cccc(C)c2C)cn1. The molecule has 1 aromatic heterocycles. The number of pyridine rings is 1. The predicted octanol–water partition coefficient (Wildman–Crippen LogP) is 2.79. The van der Waals surface area contributed by atoms with Crippen LogP contribution in [-0.4, -0.2) is 58.4 Å². The Balaban J connectivity index is 1.82. The standard InChI is InChI=1S/C27H31N5O6S/c1-19-6-4-9-24(20(19)2)32(17-26(34)30-15-21-7-5-8-22(14-21)18-33)39(36,37)23-10-11-25(29-16-23)31-27(35)28-12-13-38-3/h4-11,14,16,18H,12-13,15,17H2,1-3H3,(H,30,34)(H2,28,29,31,35). The number of methoxy groups -OCH3 is 1. The lowest BCUT2D eigenvalue weighted by Gasteiger charge is -2.26. The van der Waals surface area contributed by atoms with Crippen molar-refractivity contribution in [2.75, 3.05) is 36.4 Å². The Morgan fingerprint density at radius 1 is 1.05 bits per heavy atom. The minimum atomic E-state index is -4.23. The summed E-state index contributed by atoms with van der Waals surface area (Å²) >= 11 is 0. The number of carbonyl (C=O) groups excluding carboxylic acids is 3. The number of aromatic nitrogens is 1. The number of anilines is 2. The summed E-state index contributed by atoms with van der Waals surface area (Å²) in [4.78, 5) is 39.8. The van der Waals surface area contributed by atoms with Crippen LogP contribution < -0.4 is 20.3 Å². The van der Waals surface area contributed by atoms with Gasteiger partial charge in [-0.3, -0.25) is 19.2 Å². The molecule has 3 aromatic rings. The fraction of sp³-hybridized carbons (Fsp3) is 0.259. The summed E-state index contributed by atoms with van der Waals surface area (Å²) in [6.45, 7) is 3.90. The van der Waals surface area contributed by atoms with E-state index in [1.165, 1.54) is 19.2 Å². The van der Waals surface area contributed by atoms with E-state index < -0.39 is 28.5 Å². The summed E-state index contributed by atoms with van der Waals surface area (Å²) in [7, 11) is -2.71. The maximum atomic E-state index is 13.8. The summed E-state index contributed by atoms with van der Waals surface area (Å²) < 4.78 is 33.4. The minimum absolute atomic E-state index is 0.121. The molecule has 39 heavy (non-hydrogen) atoms. The molecule has 3 amide bonds. The Hall–Kier alpha value is -4.29. The summed E-state index contributed by atoms with van der Waals surface area (Å²) in [5.74, 6) is -0.382. The molecule has 0 radical (unpaired) electrons. The smallest absolute Gasteiger partial charge is 0.320 e. The van der Waals surface area contributed by atoms with Crippen LogP contribution >= 0.6 is 0 Å². The molecule has 0 bridgehead atoms. The number of nitrogens with zero attached hydrogens (tertiary/aromatic N) is 2. The highest BCUT2D eigenvalue weighted by atomic mass is 32.2. The second kappa shape index (κ2) is 13.5. The average molecular weight is 554 g/mol. The van der Waals surface area contributed by atoms with Crippen LogP contribution in [0.1, 0.15) is 27.0 Å². The van der Waals surface area contributed by atoms with E-state index in [1.807, 2.05) is 13.0 Å². The Morgan fingerprint density at radius 2 is 1.82 bits per heavy atom. The highest BCUT2D eigenvalue weighted by molar-refractivity contribution is 7.92. The van der Waals surface area contributed by atoms with E-state index in [0.29, 0.717) is 41.8 Å². The van der Waals surface area contributed by atoms with Gasteiger partial charge in [0.15, 0.2) is 0 Å². The molecular weight excluding hydrogens is 522 g/mol. The lowest BCUT2D eigenvalue weighted by atomic mass is 10.1. The first kappa shape index (κ1) is 29.3. The molecule has 0 aliphatic rings. The van der Waals surface area contributed by atoms with E-state index >= 15 is 0 Å². The fourth-order valence-electron chi connectivity index (χ4n) is 3.63. The number of aldehydes is 1. The van der Waals surface area contributed by atoms with Crippen molar-refractivity contribution in [2.45, 2.75) is 25.3 Å². The number of rotatable bonds is 12. The molecule has 206 valence electrons. The zero-order valence-corrected chi connectivity index (χ0v) is 22.7. The summed E-state index contributed by atoms with van der Waals surface area (Å²) in [5, 5.41) is 7.82. The maximum absolute atomic E-state index is 13.8. The van der Waals surface area contributed by atoms with Gasteiger partial charge in [0.25, 0.3) is 10.0 Å². The van der Waals surface area contributed by atoms with Gasteiger partial charge in [-0.15, -0.1) is 0 Å². The van der Waals surface area contributed by atoms with Crippen molar-refractivity contribution >= 4 is 39.8 Å².